The Hall–Kier alpha value is -2.11. The zero-order valence-electron chi connectivity index (χ0n) is 16.3. The first kappa shape index (κ1) is 18.3. The van der Waals surface area contributed by atoms with Gasteiger partial charge in [0.25, 0.3) is 0 Å². The summed E-state index contributed by atoms with van der Waals surface area (Å²) in [6.07, 6.45) is 6.54. The highest BCUT2D eigenvalue weighted by molar-refractivity contribution is 5.75. The van der Waals surface area contributed by atoms with Crippen molar-refractivity contribution in [2.24, 2.45) is 0 Å². The van der Waals surface area contributed by atoms with Crippen LogP contribution in [0.15, 0.2) is 47.1 Å². The van der Waals surface area contributed by atoms with Crippen molar-refractivity contribution >= 4 is 11.0 Å². The van der Waals surface area contributed by atoms with Crippen LogP contribution in [0.4, 0.5) is 0 Å². The Morgan fingerprint density at radius 2 is 2.04 bits per heavy atom. The molecule has 0 radical (unpaired) electrons. The third kappa shape index (κ3) is 4.09. The van der Waals surface area contributed by atoms with E-state index in [2.05, 4.69) is 33.5 Å². The second kappa shape index (κ2) is 7.49. The molecule has 27 heavy (non-hydrogen) atoms. The highest BCUT2D eigenvalue weighted by Crippen LogP contribution is 2.28. The predicted molar refractivity (Wildman–Crippen MR) is 107 cm³/mol. The Morgan fingerprint density at radius 3 is 2.78 bits per heavy atom. The van der Waals surface area contributed by atoms with Gasteiger partial charge in [-0.05, 0) is 63.1 Å². The highest BCUT2D eigenvalue weighted by atomic mass is 16.3. The van der Waals surface area contributed by atoms with Crippen LogP contribution >= 0.6 is 0 Å². The first-order valence-corrected chi connectivity index (χ1v) is 9.93. The van der Waals surface area contributed by atoms with Crippen molar-refractivity contribution in [3.8, 4) is 0 Å². The second-order valence-electron chi connectivity index (χ2n) is 8.06. The van der Waals surface area contributed by atoms with Gasteiger partial charge in [0.2, 0.25) is 0 Å². The van der Waals surface area contributed by atoms with Gasteiger partial charge < -0.3 is 19.0 Å². The fourth-order valence-electron chi connectivity index (χ4n) is 4.06. The van der Waals surface area contributed by atoms with Crippen molar-refractivity contribution in [2.45, 2.75) is 51.2 Å². The van der Waals surface area contributed by atoms with E-state index in [1.165, 1.54) is 0 Å². The van der Waals surface area contributed by atoms with E-state index in [1.807, 2.05) is 37.5 Å². The lowest BCUT2D eigenvalue weighted by Crippen LogP contribution is -2.47. The number of furan rings is 1. The number of nitrogens with zero attached hydrogens (tertiary/aromatic N) is 3. The fraction of sp³-hybridized carbons (Fsp3) is 0.500. The van der Waals surface area contributed by atoms with E-state index in [0.717, 1.165) is 61.5 Å². The van der Waals surface area contributed by atoms with Crippen LogP contribution in [0, 0.1) is 6.92 Å². The molecule has 0 aliphatic carbocycles. The summed E-state index contributed by atoms with van der Waals surface area (Å²) in [6.45, 7) is 7.79. The molecular formula is C22H29N3O2. The molecule has 0 spiro atoms. The zero-order valence-corrected chi connectivity index (χ0v) is 16.3. The largest absolute Gasteiger partial charge is 0.466 e. The molecule has 1 fully saturated rings. The normalized spacial score (nSPS) is 18.8. The summed E-state index contributed by atoms with van der Waals surface area (Å²) < 4.78 is 7.88. The molecule has 3 aromatic heterocycles. The number of aliphatic hydroxyl groups is 1. The number of pyridine rings is 1. The van der Waals surface area contributed by atoms with Gasteiger partial charge in [-0.3, -0.25) is 4.98 Å². The Balaban J connectivity index is 1.30. The van der Waals surface area contributed by atoms with Gasteiger partial charge in [-0.25, -0.2) is 0 Å². The lowest BCUT2D eigenvalue weighted by molar-refractivity contribution is -0.0336. The van der Waals surface area contributed by atoms with Crippen LogP contribution in [0.2, 0.25) is 0 Å². The molecule has 1 atom stereocenters. The van der Waals surface area contributed by atoms with E-state index < -0.39 is 5.60 Å². The van der Waals surface area contributed by atoms with Gasteiger partial charge in [0.05, 0.1) is 23.2 Å². The van der Waals surface area contributed by atoms with E-state index >= 15 is 0 Å². The van der Waals surface area contributed by atoms with Crippen LogP contribution in [0.5, 0.6) is 0 Å². The molecule has 144 valence electrons. The van der Waals surface area contributed by atoms with Crippen molar-refractivity contribution in [2.75, 3.05) is 19.6 Å². The molecule has 1 saturated heterocycles. The molecule has 0 saturated carbocycles. The maximum atomic E-state index is 11.1. The average molecular weight is 367 g/mol. The zero-order chi connectivity index (χ0) is 18.9. The van der Waals surface area contributed by atoms with Crippen LogP contribution < -0.4 is 0 Å². The molecule has 0 amide bonds. The Labute approximate surface area is 160 Å². The number of hydrogen-bond acceptors (Lipinski definition) is 4. The van der Waals surface area contributed by atoms with Gasteiger partial charge >= 0.3 is 0 Å². The lowest BCUT2D eigenvalue weighted by atomic mass is 9.90. The third-order valence-corrected chi connectivity index (χ3v) is 5.91. The fourth-order valence-corrected chi connectivity index (χ4v) is 4.06. The van der Waals surface area contributed by atoms with Crippen LogP contribution in [-0.2, 0) is 6.54 Å². The quantitative estimate of drug-likeness (QED) is 0.716. The summed E-state index contributed by atoms with van der Waals surface area (Å²) in [7, 11) is 0. The van der Waals surface area contributed by atoms with Gasteiger partial charge in [0.15, 0.2) is 0 Å². The van der Waals surface area contributed by atoms with Crippen molar-refractivity contribution in [1.82, 2.24) is 14.5 Å². The first-order chi connectivity index (χ1) is 13.0. The van der Waals surface area contributed by atoms with E-state index in [9.17, 15) is 5.11 Å². The molecule has 0 bridgehead atoms. The topological polar surface area (TPSA) is 54.4 Å². The maximum Gasteiger partial charge on any atom is 0.107 e. The molecule has 1 unspecified atom stereocenters. The van der Waals surface area contributed by atoms with Crippen LogP contribution in [0.1, 0.15) is 43.6 Å². The number of likely N-dealkylation sites (tertiary alicyclic amines) is 1. The molecule has 3 aromatic rings. The van der Waals surface area contributed by atoms with Crippen molar-refractivity contribution in [1.29, 1.82) is 0 Å². The number of hydrogen-bond donors (Lipinski definition) is 1. The van der Waals surface area contributed by atoms with E-state index in [4.69, 9.17) is 4.42 Å². The summed E-state index contributed by atoms with van der Waals surface area (Å²) in [5.74, 6) is 2.49. The van der Waals surface area contributed by atoms with Gasteiger partial charge in [-0.2, -0.15) is 0 Å². The highest BCUT2D eigenvalue weighted by Gasteiger charge is 2.33. The standard InChI is InChI=1S/C22H29N3O2/c1-17(21-6-5-18(2)27-21)7-12-24-14-9-22(26,10-15-24)16-25-13-8-19-20(25)4-3-11-23-19/h3-6,8,11,13,17,26H,7,9-10,12,14-16H2,1-2H3. The van der Waals surface area contributed by atoms with Gasteiger partial charge in [-0.1, -0.05) is 6.92 Å². The van der Waals surface area contributed by atoms with E-state index in [0.29, 0.717) is 12.5 Å². The summed E-state index contributed by atoms with van der Waals surface area (Å²) in [5.41, 5.74) is 1.44. The molecule has 1 N–H and O–H groups in total. The maximum absolute atomic E-state index is 11.1. The van der Waals surface area contributed by atoms with Crippen molar-refractivity contribution in [3.63, 3.8) is 0 Å². The van der Waals surface area contributed by atoms with Crippen LogP contribution in [-0.4, -0.2) is 44.8 Å². The molecule has 5 nitrogen and oxygen atoms in total. The molecular weight excluding hydrogens is 338 g/mol. The summed E-state index contributed by atoms with van der Waals surface area (Å²) in [4.78, 5) is 6.85. The number of piperidine rings is 1. The smallest absolute Gasteiger partial charge is 0.107 e. The molecule has 0 aromatic carbocycles. The minimum atomic E-state index is -0.637. The van der Waals surface area contributed by atoms with E-state index in [-0.39, 0.29) is 0 Å². The Morgan fingerprint density at radius 1 is 1.22 bits per heavy atom. The van der Waals surface area contributed by atoms with Gasteiger partial charge in [-0.15, -0.1) is 0 Å². The Kier molecular flexibility index (Phi) is 5.06. The van der Waals surface area contributed by atoms with E-state index in [1.54, 1.807) is 0 Å². The monoisotopic (exact) mass is 367 g/mol. The molecule has 1 aliphatic heterocycles. The average Bonchev–Trinajstić information content (AvgIpc) is 3.28. The minimum absolute atomic E-state index is 0.429. The minimum Gasteiger partial charge on any atom is -0.466 e. The third-order valence-electron chi connectivity index (χ3n) is 5.91. The van der Waals surface area contributed by atoms with Crippen molar-refractivity contribution in [3.05, 3.63) is 54.2 Å². The molecule has 4 heterocycles. The number of fused-ring (bicyclic) bond motifs is 1. The predicted octanol–water partition coefficient (Wildman–Crippen LogP) is 3.96. The molecule has 1 aliphatic rings. The van der Waals surface area contributed by atoms with Gasteiger partial charge in [0, 0.05) is 31.4 Å². The lowest BCUT2D eigenvalue weighted by Gasteiger charge is -2.38. The first-order valence-electron chi connectivity index (χ1n) is 9.93. The van der Waals surface area contributed by atoms with Crippen molar-refractivity contribution < 1.29 is 9.52 Å². The van der Waals surface area contributed by atoms with Crippen LogP contribution in [0.25, 0.3) is 11.0 Å². The van der Waals surface area contributed by atoms with Crippen LogP contribution in [0.3, 0.4) is 0 Å². The molecule has 4 rings (SSSR count). The number of aromatic nitrogens is 2. The number of rotatable bonds is 6. The summed E-state index contributed by atoms with van der Waals surface area (Å²) in [6, 6.07) is 10.2. The summed E-state index contributed by atoms with van der Waals surface area (Å²) in [5, 5.41) is 11.1. The van der Waals surface area contributed by atoms with Gasteiger partial charge in [0.1, 0.15) is 11.5 Å². The second-order valence-corrected chi connectivity index (χ2v) is 8.06. The Bertz CT molecular complexity index is 890. The SMILES string of the molecule is Cc1ccc(C(C)CCN2CCC(O)(Cn3ccc4ncccc43)CC2)o1. The summed E-state index contributed by atoms with van der Waals surface area (Å²) >= 11 is 0. The molecule has 5 heteroatoms. The number of aryl methyl sites for hydroxylation is 1.